The molecule has 2 aromatic heterocycles. The Morgan fingerprint density at radius 2 is 1.13 bits per heavy atom. The van der Waals surface area contributed by atoms with Gasteiger partial charge in [0.25, 0.3) is 0 Å². The smallest absolute Gasteiger partial charge is 0.239 e. The number of hydrogen-bond donors (Lipinski definition) is 7. The second-order valence-corrected chi connectivity index (χ2v) is 21.0. The van der Waals surface area contributed by atoms with E-state index < -0.39 is 5.41 Å². The van der Waals surface area contributed by atoms with E-state index in [-0.39, 0.29) is 42.3 Å². The van der Waals surface area contributed by atoms with Crippen molar-refractivity contribution in [1.29, 1.82) is 0 Å². The Morgan fingerprint density at radius 1 is 0.651 bits per heavy atom. The van der Waals surface area contributed by atoms with Crippen LogP contribution in [0.15, 0.2) is 54.6 Å². The van der Waals surface area contributed by atoms with Crippen molar-refractivity contribution >= 4 is 68.2 Å². The molecule has 8 aliphatic rings. The zero-order valence-electron chi connectivity index (χ0n) is 36.5. The van der Waals surface area contributed by atoms with Gasteiger partial charge in [-0.25, -0.2) is 9.97 Å². The first-order valence-corrected chi connectivity index (χ1v) is 24.2. The first-order chi connectivity index (χ1) is 30.6. The van der Waals surface area contributed by atoms with Gasteiger partial charge in [0, 0.05) is 56.5 Å². The summed E-state index contributed by atoms with van der Waals surface area (Å²) in [7, 11) is 0. The largest absolute Gasteiger partial charge is 0.395 e. The number of aliphatic hydroxyl groups is 2. The van der Waals surface area contributed by atoms with Crippen molar-refractivity contribution in [2.45, 2.75) is 83.5 Å². The first kappa shape index (κ1) is 42.9. The van der Waals surface area contributed by atoms with Crippen LogP contribution in [0.5, 0.6) is 0 Å². The molecule has 2 heterocycles. The second-order valence-electron chi connectivity index (χ2n) is 20.6. The van der Waals surface area contributed by atoms with Crippen LogP contribution in [-0.4, -0.2) is 84.5 Å². The number of hydrogen-bond acceptors (Lipinski definition) is 10. The molecule has 8 aliphatic carbocycles. The minimum Gasteiger partial charge on any atom is -0.395 e. The number of fused-ring (bicyclic) bond motifs is 2. The fraction of sp³-hybridized carbons (Fsp3) is 0.600. The number of amides is 2. The SMILES string of the molecule is NC(=O)CC(C(=O)N(c1cccc2nc(NCCNCCO)ccc12)c1c(Cl)ccc2nc(NCCNCCO)ccc12)(C12CC3CC(CC(C3)C1)C2)C12CC3CC(CC(C3)C1)C2. The van der Waals surface area contributed by atoms with Crippen LogP contribution >= 0.6 is 11.6 Å². The summed E-state index contributed by atoms with van der Waals surface area (Å²) in [4.78, 5) is 43.8. The molecule has 0 aliphatic heterocycles. The number of halogens is 1. The fourth-order valence-corrected chi connectivity index (χ4v) is 15.7. The van der Waals surface area contributed by atoms with Crippen molar-refractivity contribution in [3.8, 4) is 0 Å². The Kier molecular flexibility index (Phi) is 11.8. The number of anilines is 4. The Labute approximate surface area is 375 Å². The molecule has 12 rings (SSSR count). The number of rotatable bonds is 19. The summed E-state index contributed by atoms with van der Waals surface area (Å²) >= 11 is 7.52. The molecule has 12 nitrogen and oxygen atoms in total. The van der Waals surface area contributed by atoms with Crippen LogP contribution in [0.2, 0.25) is 5.02 Å². The normalized spacial score (nSPS) is 29.9. The van der Waals surface area contributed by atoms with Gasteiger partial charge in [-0.05, 0) is 172 Å². The maximum Gasteiger partial charge on any atom is 0.239 e. The van der Waals surface area contributed by atoms with Crippen molar-refractivity contribution in [2.75, 3.05) is 68.0 Å². The Morgan fingerprint density at radius 3 is 1.60 bits per heavy atom. The van der Waals surface area contributed by atoms with Crippen LogP contribution in [-0.2, 0) is 9.59 Å². The van der Waals surface area contributed by atoms with E-state index in [4.69, 9.17) is 27.3 Å². The van der Waals surface area contributed by atoms with Crippen LogP contribution in [0.4, 0.5) is 23.0 Å². The third kappa shape index (κ3) is 7.65. The van der Waals surface area contributed by atoms with Crippen LogP contribution in [0, 0.1) is 51.8 Å². The summed E-state index contributed by atoms with van der Waals surface area (Å²) in [5.41, 5.74) is 7.54. The van der Waals surface area contributed by atoms with Crippen molar-refractivity contribution < 1.29 is 19.8 Å². The fourth-order valence-electron chi connectivity index (χ4n) is 15.4. The number of primary amides is 1. The molecule has 0 spiro atoms. The number of aromatic nitrogens is 2. The highest BCUT2D eigenvalue weighted by atomic mass is 35.5. The summed E-state index contributed by atoms with van der Waals surface area (Å²) in [5, 5.41) is 33.7. The molecule has 13 heteroatoms. The molecule has 63 heavy (non-hydrogen) atoms. The van der Waals surface area contributed by atoms with Gasteiger partial charge in [0.15, 0.2) is 0 Å². The van der Waals surface area contributed by atoms with Crippen LogP contribution in [0.1, 0.15) is 83.5 Å². The maximum atomic E-state index is 17.5. The molecule has 0 radical (unpaired) electrons. The lowest BCUT2D eigenvalue weighted by atomic mass is 9.32. The summed E-state index contributed by atoms with van der Waals surface area (Å²) in [6, 6.07) is 17.8. The van der Waals surface area contributed by atoms with Crippen LogP contribution < -0.4 is 31.9 Å². The lowest BCUT2D eigenvalue weighted by Gasteiger charge is -2.72. The summed E-state index contributed by atoms with van der Waals surface area (Å²) in [5.74, 6) is 4.34. The maximum absolute atomic E-state index is 17.5. The van der Waals surface area contributed by atoms with E-state index in [9.17, 15) is 15.0 Å². The predicted octanol–water partition coefficient (Wildman–Crippen LogP) is 7.38. The molecule has 8 bridgehead atoms. The zero-order valence-corrected chi connectivity index (χ0v) is 37.3. The van der Waals surface area contributed by atoms with Crippen LogP contribution in [0.25, 0.3) is 21.8 Å². The van der Waals surface area contributed by atoms with Crippen molar-refractivity contribution in [3.63, 3.8) is 0 Å². The number of nitrogens with zero attached hydrogens (tertiary/aromatic N) is 3. The molecule has 0 saturated heterocycles. The lowest BCUT2D eigenvalue weighted by molar-refractivity contribution is -0.226. The highest BCUT2D eigenvalue weighted by Gasteiger charge is 2.74. The van der Waals surface area contributed by atoms with Gasteiger partial charge in [-0.1, -0.05) is 17.7 Å². The highest BCUT2D eigenvalue weighted by molar-refractivity contribution is 6.36. The number of aliphatic hydroxyl groups excluding tert-OH is 2. The number of pyridine rings is 2. The molecule has 0 unspecified atom stereocenters. The number of nitrogens with two attached hydrogens (primary N) is 1. The minimum absolute atomic E-state index is 0.0265. The van der Waals surface area contributed by atoms with Gasteiger partial charge in [0.1, 0.15) is 11.6 Å². The van der Waals surface area contributed by atoms with E-state index in [1.165, 1.54) is 38.5 Å². The predicted molar refractivity (Wildman–Crippen MR) is 250 cm³/mol. The van der Waals surface area contributed by atoms with E-state index >= 15 is 4.79 Å². The molecule has 0 atom stereocenters. The van der Waals surface area contributed by atoms with Crippen molar-refractivity contribution in [1.82, 2.24) is 20.6 Å². The average Bonchev–Trinajstić information content (AvgIpc) is 3.25. The minimum atomic E-state index is -1.04. The molecule has 8 N–H and O–H groups in total. The molecule has 2 amide bonds. The van der Waals surface area contributed by atoms with E-state index in [0.29, 0.717) is 108 Å². The first-order valence-electron chi connectivity index (χ1n) is 23.9. The van der Waals surface area contributed by atoms with E-state index in [1.807, 2.05) is 53.4 Å². The number of carbonyl (C=O) groups excluding carboxylic acids is 2. The van der Waals surface area contributed by atoms with E-state index in [2.05, 4.69) is 27.3 Å². The second kappa shape index (κ2) is 17.4. The van der Waals surface area contributed by atoms with Gasteiger partial charge < -0.3 is 37.2 Å². The topological polar surface area (TPSA) is 178 Å². The molecule has 8 saturated carbocycles. The number of benzene rings is 2. The Hall–Kier alpha value is -4.07. The zero-order chi connectivity index (χ0) is 43.3. The highest BCUT2D eigenvalue weighted by Crippen LogP contribution is 2.77. The van der Waals surface area contributed by atoms with Crippen LogP contribution in [0.3, 0.4) is 0 Å². The summed E-state index contributed by atoms with van der Waals surface area (Å²) in [6.07, 6.45) is 13.2. The third-order valence-electron chi connectivity index (χ3n) is 16.7. The molecule has 2 aromatic carbocycles. The number of nitrogens with one attached hydrogen (secondary N) is 4. The van der Waals surface area contributed by atoms with E-state index in [0.717, 1.165) is 54.8 Å². The van der Waals surface area contributed by atoms with Gasteiger partial charge in [0.05, 0.1) is 46.1 Å². The van der Waals surface area contributed by atoms with Crippen molar-refractivity contribution in [2.24, 2.45) is 57.5 Å². The quantitative estimate of drug-likeness (QED) is 0.0471. The third-order valence-corrected chi connectivity index (χ3v) is 17.0. The Balaban J connectivity index is 1.17. The Bertz CT molecular complexity index is 2240. The molecule has 8 fully saturated rings. The van der Waals surface area contributed by atoms with Gasteiger partial charge in [-0.2, -0.15) is 0 Å². The average molecular weight is 878 g/mol. The molecular weight excluding hydrogens is 812 g/mol. The standard InChI is InChI=1S/C50H65ClN8O4/c51-39-6-7-41-38(5-9-45(58-41)56-13-11-54-15-17-61)46(39)59(42-3-1-2-40-37(42)4-8-44(57-40)55-12-10-53-14-16-60)47(63)50(30-43(52)62,48-24-31-18-32(25-48)20-33(19-31)26-48)49-27-34-21-35(28-49)23-36(22-34)29-49/h1-9,31-36,53-54,60-61H,10-30H2,(H2,52,62)(H,55,57)(H,56,58). The molecular formula is C50H65ClN8O4. The summed E-state index contributed by atoms with van der Waals surface area (Å²) in [6.45, 7) is 3.79. The van der Waals surface area contributed by atoms with Crippen molar-refractivity contribution in [3.05, 3.63) is 59.6 Å². The van der Waals surface area contributed by atoms with Gasteiger partial charge in [0.2, 0.25) is 11.8 Å². The monoisotopic (exact) mass is 876 g/mol. The van der Waals surface area contributed by atoms with Gasteiger partial charge in [-0.15, -0.1) is 0 Å². The van der Waals surface area contributed by atoms with E-state index in [1.54, 1.807) is 0 Å². The summed E-state index contributed by atoms with van der Waals surface area (Å²) < 4.78 is 0. The number of carbonyl (C=O) groups is 2. The van der Waals surface area contributed by atoms with Gasteiger partial charge in [-0.3, -0.25) is 14.5 Å². The lowest BCUT2D eigenvalue weighted by Crippen LogP contribution is -2.70. The van der Waals surface area contributed by atoms with Gasteiger partial charge >= 0.3 is 0 Å². The molecule has 4 aromatic rings. The molecule has 336 valence electrons.